The third kappa shape index (κ3) is 2.85. The Morgan fingerprint density at radius 2 is 2.18 bits per heavy atom. The fourth-order valence-corrected chi connectivity index (χ4v) is 2.51. The lowest BCUT2D eigenvalue weighted by molar-refractivity contribution is -0.133. The van der Waals surface area contributed by atoms with Crippen LogP contribution in [0.2, 0.25) is 0 Å². The van der Waals surface area contributed by atoms with E-state index in [4.69, 9.17) is 5.73 Å². The Morgan fingerprint density at radius 1 is 1.41 bits per heavy atom. The van der Waals surface area contributed by atoms with Gasteiger partial charge >= 0.3 is 0 Å². The second kappa shape index (κ2) is 4.87. The van der Waals surface area contributed by atoms with E-state index >= 15 is 0 Å². The van der Waals surface area contributed by atoms with Crippen LogP contribution in [0.15, 0.2) is 12.2 Å². The maximum absolute atomic E-state index is 12.1. The van der Waals surface area contributed by atoms with Gasteiger partial charge in [0.1, 0.15) is 0 Å². The molecule has 5 nitrogen and oxygen atoms in total. The molecule has 0 saturated carbocycles. The van der Waals surface area contributed by atoms with E-state index in [2.05, 4.69) is 5.32 Å². The number of hydrogen-bond donors (Lipinski definition) is 2. The van der Waals surface area contributed by atoms with Gasteiger partial charge in [0, 0.05) is 32.1 Å². The highest BCUT2D eigenvalue weighted by Crippen LogP contribution is 2.21. The molecular formula is C12H19N3O2. The van der Waals surface area contributed by atoms with E-state index in [1.165, 1.54) is 6.92 Å². The van der Waals surface area contributed by atoms with Crippen LogP contribution in [0.1, 0.15) is 19.8 Å². The van der Waals surface area contributed by atoms with Crippen molar-refractivity contribution in [3.05, 3.63) is 12.2 Å². The van der Waals surface area contributed by atoms with Gasteiger partial charge < -0.3 is 16.0 Å². The average molecular weight is 237 g/mol. The molecule has 2 aliphatic rings. The number of nitrogens with one attached hydrogen (secondary N) is 1. The monoisotopic (exact) mass is 237 g/mol. The summed E-state index contributed by atoms with van der Waals surface area (Å²) in [4.78, 5) is 24.9. The summed E-state index contributed by atoms with van der Waals surface area (Å²) >= 11 is 0. The lowest BCUT2D eigenvalue weighted by Crippen LogP contribution is -2.39. The minimum absolute atomic E-state index is 0.0118. The highest BCUT2D eigenvalue weighted by Gasteiger charge is 2.32. The van der Waals surface area contributed by atoms with Crippen molar-refractivity contribution in [3.8, 4) is 0 Å². The first-order valence-corrected chi connectivity index (χ1v) is 6.06. The molecular weight excluding hydrogens is 218 g/mol. The van der Waals surface area contributed by atoms with E-state index in [1.54, 1.807) is 0 Å². The van der Waals surface area contributed by atoms with Crippen LogP contribution in [0.4, 0.5) is 0 Å². The fourth-order valence-electron chi connectivity index (χ4n) is 2.51. The number of nitrogens with zero attached hydrogens (tertiary/aromatic N) is 1. The maximum Gasteiger partial charge on any atom is 0.229 e. The van der Waals surface area contributed by atoms with Gasteiger partial charge in [-0.1, -0.05) is 12.2 Å². The topological polar surface area (TPSA) is 75.4 Å². The third-order valence-electron chi connectivity index (χ3n) is 3.34. The molecule has 0 aromatic rings. The van der Waals surface area contributed by atoms with E-state index in [1.807, 2.05) is 17.1 Å². The average Bonchev–Trinajstić information content (AvgIpc) is 2.85. The Bertz CT molecular complexity index is 354. The van der Waals surface area contributed by atoms with E-state index in [0.29, 0.717) is 13.0 Å². The Balaban J connectivity index is 1.86. The van der Waals surface area contributed by atoms with Gasteiger partial charge in [0.05, 0.1) is 5.92 Å². The van der Waals surface area contributed by atoms with Crippen LogP contribution in [0.25, 0.3) is 0 Å². The fraction of sp³-hybridized carbons (Fsp3) is 0.667. The SMILES string of the molecule is CC(=O)NC1CCN(C(=O)C2C=CC(N)C2)C1. The molecule has 3 unspecified atom stereocenters. The van der Waals surface area contributed by atoms with Crippen LogP contribution in [0.3, 0.4) is 0 Å². The number of carbonyl (C=O) groups excluding carboxylic acids is 2. The smallest absolute Gasteiger partial charge is 0.229 e. The number of nitrogens with two attached hydrogens (primary N) is 1. The van der Waals surface area contributed by atoms with Crippen LogP contribution >= 0.6 is 0 Å². The van der Waals surface area contributed by atoms with Crippen molar-refractivity contribution in [2.24, 2.45) is 11.7 Å². The summed E-state index contributed by atoms with van der Waals surface area (Å²) in [5.41, 5.74) is 5.74. The summed E-state index contributed by atoms with van der Waals surface area (Å²) in [5, 5.41) is 2.85. The molecule has 0 radical (unpaired) electrons. The molecule has 5 heteroatoms. The first-order valence-electron chi connectivity index (χ1n) is 6.06. The summed E-state index contributed by atoms with van der Waals surface area (Å²) in [6, 6.07) is 0.119. The molecule has 2 amide bonds. The minimum atomic E-state index is -0.0684. The van der Waals surface area contributed by atoms with E-state index in [9.17, 15) is 9.59 Å². The third-order valence-corrected chi connectivity index (χ3v) is 3.34. The van der Waals surface area contributed by atoms with Crippen molar-refractivity contribution in [2.45, 2.75) is 31.8 Å². The van der Waals surface area contributed by atoms with Crippen LogP contribution < -0.4 is 11.1 Å². The molecule has 1 fully saturated rings. The van der Waals surface area contributed by atoms with Crippen molar-refractivity contribution >= 4 is 11.8 Å². The molecule has 94 valence electrons. The normalized spacial score (nSPS) is 31.9. The van der Waals surface area contributed by atoms with Gasteiger partial charge in [-0.3, -0.25) is 9.59 Å². The second-order valence-corrected chi connectivity index (χ2v) is 4.86. The molecule has 0 bridgehead atoms. The summed E-state index contributed by atoms with van der Waals surface area (Å²) in [7, 11) is 0. The van der Waals surface area contributed by atoms with Crippen molar-refractivity contribution in [1.82, 2.24) is 10.2 Å². The molecule has 17 heavy (non-hydrogen) atoms. The van der Waals surface area contributed by atoms with E-state index in [0.717, 1.165) is 13.0 Å². The van der Waals surface area contributed by atoms with E-state index in [-0.39, 0.29) is 29.8 Å². The summed E-state index contributed by atoms with van der Waals surface area (Å²) in [6.45, 7) is 2.85. The Morgan fingerprint density at radius 3 is 2.76 bits per heavy atom. The molecule has 0 spiro atoms. The predicted octanol–water partition coefficient (Wildman–Crippen LogP) is -0.373. The highest BCUT2D eigenvalue weighted by atomic mass is 16.2. The number of carbonyl (C=O) groups is 2. The van der Waals surface area contributed by atoms with E-state index < -0.39 is 0 Å². The molecule has 0 aromatic carbocycles. The molecule has 1 heterocycles. The number of likely N-dealkylation sites (tertiary alicyclic amines) is 1. The van der Waals surface area contributed by atoms with Crippen LogP contribution in [-0.4, -0.2) is 41.9 Å². The van der Waals surface area contributed by atoms with Crippen molar-refractivity contribution in [1.29, 1.82) is 0 Å². The van der Waals surface area contributed by atoms with Gasteiger partial charge in [-0.25, -0.2) is 0 Å². The lowest BCUT2D eigenvalue weighted by Gasteiger charge is -2.20. The van der Waals surface area contributed by atoms with Gasteiger partial charge in [0.25, 0.3) is 0 Å². The number of amides is 2. The van der Waals surface area contributed by atoms with Crippen LogP contribution in [-0.2, 0) is 9.59 Å². The van der Waals surface area contributed by atoms with Gasteiger partial charge in [-0.2, -0.15) is 0 Å². The van der Waals surface area contributed by atoms with Gasteiger partial charge in [0.2, 0.25) is 11.8 Å². The largest absolute Gasteiger partial charge is 0.352 e. The van der Waals surface area contributed by atoms with Crippen LogP contribution in [0.5, 0.6) is 0 Å². The first-order chi connectivity index (χ1) is 8.06. The second-order valence-electron chi connectivity index (χ2n) is 4.86. The Labute approximate surface area is 101 Å². The Kier molecular flexibility index (Phi) is 3.47. The highest BCUT2D eigenvalue weighted by molar-refractivity contribution is 5.81. The summed E-state index contributed by atoms with van der Waals surface area (Å²) in [5.74, 6) is 0.0372. The Hall–Kier alpha value is -1.36. The van der Waals surface area contributed by atoms with Crippen LogP contribution in [0, 0.1) is 5.92 Å². The molecule has 0 aromatic heterocycles. The molecule has 1 aliphatic carbocycles. The standard InChI is InChI=1S/C12H19N3O2/c1-8(16)14-11-4-5-15(7-11)12(17)9-2-3-10(13)6-9/h2-3,9-11H,4-7,13H2,1H3,(H,14,16). The number of rotatable bonds is 2. The molecule has 2 rings (SSSR count). The van der Waals surface area contributed by atoms with Crippen molar-refractivity contribution in [2.75, 3.05) is 13.1 Å². The minimum Gasteiger partial charge on any atom is -0.352 e. The molecule has 1 aliphatic heterocycles. The predicted molar refractivity (Wildman–Crippen MR) is 64.0 cm³/mol. The molecule has 3 atom stereocenters. The van der Waals surface area contributed by atoms with Gasteiger partial charge in [-0.15, -0.1) is 0 Å². The van der Waals surface area contributed by atoms with Gasteiger partial charge in [-0.05, 0) is 12.8 Å². The zero-order valence-electron chi connectivity index (χ0n) is 10.1. The van der Waals surface area contributed by atoms with Crippen molar-refractivity contribution in [3.63, 3.8) is 0 Å². The lowest BCUT2D eigenvalue weighted by atomic mass is 10.1. The van der Waals surface area contributed by atoms with Crippen molar-refractivity contribution < 1.29 is 9.59 Å². The maximum atomic E-state index is 12.1. The summed E-state index contributed by atoms with van der Waals surface area (Å²) < 4.78 is 0. The zero-order chi connectivity index (χ0) is 12.4. The number of hydrogen-bond acceptors (Lipinski definition) is 3. The summed E-state index contributed by atoms with van der Waals surface area (Å²) in [6.07, 6.45) is 5.34. The quantitative estimate of drug-likeness (QED) is 0.643. The molecule has 1 saturated heterocycles. The van der Waals surface area contributed by atoms with Gasteiger partial charge in [0.15, 0.2) is 0 Å². The first kappa shape index (κ1) is 12.1. The zero-order valence-corrected chi connectivity index (χ0v) is 10.1. The molecule has 3 N–H and O–H groups in total.